The average Bonchev–Trinajstić information content (AvgIpc) is 2.77. The summed E-state index contributed by atoms with van der Waals surface area (Å²) in [5.74, 6) is -1.73. The summed E-state index contributed by atoms with van der Waals surface area (Å²) in [6, 6.07) is 0.183. The highest BCUT2D eigenvalue weighted by Crippen LogP contribution is 2.51. The molecule has 0 radical (unpaired) electrons. The molecule has 0 unspecified atom stereocenters. The van der Waals surface area contributed by atoms with Gasteiger partial charge in [0, 0.05) is 4.75 Å². The normalized spacial score (nSPS) is 27.2. The van der Waals surface area contributed by atoms with E-state index in [-0.39, 0.29) is 20.0 Å². The Morgan fingerprint density at radius 1 is 1.23 bits per heavy atom. The third-order valence-corrected chi connectivity index (χ3v) is 8.42. The average molecular weight is 460 g/mol. The Kier molecular flexibility index (Phi) is 4.95. The van der Waals surface area contributed by atoms with Crippen LogP contribution < -0.4 is 4.72 Å². The maximum atomic E-state index is 12.6. The van der Waals surface area contributed by atoms with E-state index in [4.69, 9.17) is 34.8 Å². The van der Waals surface area contributed by atoms with Crippen molar-refractivity contribution in [1.82, 2.24) is 9.62 Å². The molecule has 2 fully saturated rings. The maximum Gasteiger partial charge on any atom is 0.327 e. The molecule has 0 spiro atoms. The minimum atomic E-state index is -4.17. The zero-order valence-corrected chi connectivity index (χ0v) is 17.3. The molecule has 2 saturated heterocycles. The van der Waals surface area contributed by atoms with E-state index in [1.807, 2.05) is 0 Å². The minimum absolute atomic E-state index is 0.000296. The van der Waals surface area contributed by atoms with Crippen LogP contribution in [0.3, 0.4) is 0 Å². The molecule has 2 heterocycles. The number of hydrogen-bond acceptors (Lipinski definition) is 5. The van der Waals surface area contributed by atoms with Gasteiger partial charge in [0.1, 0.15) is 22.4 Å². The zero-order chi connectivity index (χ0) is 19.6. The lowest BCUT2D eigenvalue weighted by Crippen LogP contribution is -2.70. The molecular weight excluding hydrogens is 447 g/mol. The lowest BCUT2D eigenvalue weighted by molar-refractivity contribution is -0.159. The van der Waals surface area contributed by atoms with Crippen molar-refractivity contribution < 1.29 is 23.1 Å². The molecule has 0 bridgehead atoms. The van der Waals surface area contributed by atoms with E-state index >= 15 is 0 Å². The van der Waals surface area contributed by atoms with Crippen LogP contribution in [0.2, 0.25) is 15.1 Å². The monoisotopic (exact) mass is 458 g/mol. The first-order valence-electron chi connectivity index (χ1n) is 7.26. The number of thioether (sulfide) groups is 1. The Morgan fingerprint density at radius 2 is 1.81 bits per heavy atom. The van der Waals surface area contributed by atoms with Crippen molar-refractivity contribution in [3.8, 4) is 0 Å². The number of rotatable bonds is 4. The molecular formula is C14H13Cl3N2O5S2. The summed E-state index contributed by atoms with van der Waals surface area (Å²) in [5.41, 5.74) is 0. The quantitative estimate of drug-likeness (QED) is 0.529. The molecule has 142 valence electrons. The van der Waals surface area contributed by atoms with Crippen molar-refractivity contribution in [2.24, 2.45) is 0 Å². The van der Waals surface area contributed by atoms with Gasteiger partial charge in [0.25, 0.3) is 0 Å². The molecule has 1 aromatic carbocycles. The molecule has 2 aliphatic heterocycles. The summed E-state index contributed by atoms with van der Waals surface area (Å²) in [6.45, 7) is 3.40. The van der Waals surface area contributed by atoms with Gasteiger partial charge >= 0.3 is 5.97 Å². The summed E-state index contributed by atoms with van der Waals surface area (Å²) in [7, 11) is -4.17. The number of hydrogen-bond donors (Lipinski definition) is 2. The number of carbonyl (C=O) groups is 2. The summed E-state index contributed by atoms with van der Waals surface area (Å²) in [6.07, 6.45) is 0. The third kappa shape index (κ3) is 3.08. The van der Waals surface area contributed by atoms with Crippen LogP contribution in [0.4, 0.5) is 0 Å². The number of aliphatic carboxylic acids is 1. The van der Waals surface area contributed by atoms with E-state index in [2.05, 4.69) is 4.72 Å². The van der Waals surface area contributed by atoms with Crippen LogP contribution in [0.5, 0.6) is 0 Å². The Morgan fingerprint density at radius 3 is 2.38 bits per heavy atom. The van der Waals surface area contributed by atoms with Gasteiger partial charge < -0.3 is 10.0 Å². The van der Waals surface area contributed by atoms with Crippen LogP contribution in [0, 0.1) is 0 Å². The van der Waals surface area contributed by atoms with Gasteiger partial charge in [0.05, 0.1) is 15.1 Å². The number of nitrogens with zero attached hydrogens (tertiary/aromatic N) is 1. The van der Waals surface area contributed by atoms with Crippen molar-refractivity contribution in [2.75, 3.05) is 0 Å². The Bertz CT molecular complexity index is 921. The molecule has 2 N–H and O–H groups in total. The Hall–Kier alpha value is -0.710. The summed E-state index contributed by atoms with van der Waals surface area (Å²) >= 11 is 18.8. The highest BCUT2D eigenvalue weighted by Gasteiger charge is 2.64. The van der Waals surface area contributed by atoms with Crippen LogP contribution >= 0.6 is 46.6 Å². The van der Waals surface area contributed by atoms with Crippen molar-refractivity contribution in [2.45, 2.75) is 40.9 Å². The second-order valence-corrected chi connectivity index (χ2v) is 11.1. The first kappa shape index (κ1) is 20.0. The second-order valence-electron chi connectivity index (χ2n) is 6.39. The number of benzene rings is 1. The molecule has 0 aromatic heterocycles. The fourth-order valence-corrected chi connectivity index (χ4v) is 6.97. The van der Waals surface area contributed by atoms with E-state index in [9.17, 15) is 23.1 Å². The number of nitrogens with one attached hydrogen (secondary N) is 1. The van der Waals surface area contributed by atoms with E-state index < -0.39 is 44.1 Å². The van der Waals surface area contributed by atoms with Gasteiger partial charge in [-0.2, -0.15) is 4.72 Å². The van der Waals surface area contributed by atoms with Gasteiger partial charge in [-0.05, 0) is 26.0 Å². The van der Waals surface area contributed by atoms with Crippen LogP contribution in [0.25, 0.3) is 0 Å². The van der Waals surface area contributed by atoms with Crippen LogP contribution in [0.1, 0.15) is 13.8 Å². The van der Waals surface area contributed by atoms with E-state index in [0.717, 1.165) is 6.07 Å². The van der Waals surface area contributed by atoms with Gasteiger partial charge in [-0.3, -0.25) is 4.79 Å². The lowest BCUT2D eigenvalue weighted by Gasteiger charge is -2.43. The van der Waals surface area contributed by atoms with Crippen molar-refractivity contribution in [3.63, 3.8) is 0 Å². The first-order chi connectivity index (χ1) is 11.9. The molecule has 2 aliphatic rings. The molecule has 1 aromatic rings. The highest BCUT2D eigenvalue weighted by molar-refractivity contribution is 8.01. The standard InChI is InChI=1S/C14H13Cl3N2O5S2/c1-14(2)10(13(21)22)19-11(20)9(12(19)25-14)18-26(23,24)8-4-6(16)5(15)3-7(8)17/h3-4,9-10,12,18H,1-2H3,(H,21,22)/t9-,10+,12-/m1/s1. The number of carbonyl (C=O) groups excluding carboxylic acids is 1. The molecule has 3 atom stereocenters. The minimum Gasteiger partial charge on any atom is -0.480 e. The topological polar surface area (TPSA) is 104 Å². The van der Waals surface area contributed by atoms with Crippen molar-refractivity contribution >= 4 is 68.5 Å². The second kappa shape index (κ2) is 6.42. The Balaban J connectivity index is 1.88. The van der Waals surface area contributed by atoms with Gasteiger partial charge in [-0.1, -0.05) is 34.8 Å². The van der Waals surface area contributed by atoms with Gasteiger partial charge in [0.2, 0.25) is 15.9 Å². The summed E-state index contributed by atoms with van der Waals surface area (Å²) < 4.78 is 26.8. The van der Waals surface area contributed by atoms with Crippen LogP contribution in [-0.4, -0.2) is 52.5 Å². The number of amides is 1. The molecule has 3 rings (SSSR count). The Labute approximate surface area is 169 Å². The van der Waals surface area contributed by atoms with Crippen molar-refractivity contribution in [3.05, 3.63) is 27.2 Å². The van der Waals surface area contributed by atoms with E-state index in [1.54, 1.807) is 13.8 Å². The molecule has 12 heteroatoms. The molecule has 0 saturated carbocycles. The molecule has 0 aliphatic carbocycles. The predicted molar refractivity (Wildman–Crippen MR) is 99.3 cm³/mol. The van der Waals surface area contributed by atoms with Crippen LogP contribution in [0.15, 0.2) is 17.0 Å². The number of sulfonamides is 1. The third-order valence-electron chi connectivity index (χ3n) is 4.22. The molecule has 26 heavy (non-hydrogen) atoms. The van der Waals surface area contributed by atoms with Gasteiger partial charge in [-0.15, -0.1) is 11.8 Å². The van der Waals surface area contributed by atoms with Crippen LogP contribution in [-0.2, 0) is 19.6 Å². The first-order valence-corrected chi connectivity index (χ1v) is 10.8. The van der Waals surface area contributed by atoms with Gasteiger partial charge in [-0.25, -0.2) is 13.2 Å². The number of carboxylic acids is 1. The predicted octanol–water partition coefficient (Wildman–Crippen LogP) is 2.44. The fraction of sp³-hybridized carbons (Fsp3) is 0.429. The van der Waals surface area contributed by atoms with E-state index in [0.29, 0.717) is 0 Å². The largest absolute Gasteiger partial charge is 0.480 e. The smallest absolute Gasteiger partial charge is 0.327 e. The number of β-lactam (4-membered cyclic amide) rings is 1. The highest BCUT2D eigenvalue weighted by atomic mass is 35.5. The van der Waals surface area contributed by atoms with Crippen molar-refractivity contribution in [1.29, 1.82) is 0 Å². The zero-order valence-electron chi connectivity index (χ0n) is 13.4. The van der Waals surface area contributed by atoms with Gasteiger partial charge in [0.15, 0.2) is 0 Å². The summed E-state index contributed by atoms with van der Waals surface area (Å²) in [5, 5.41) is 8.73. The van der Waals surface area contributed by atoms with E-state index in [1.165, 1.54) is 22.7 Å². The maximum absolute atomic E-state index is 12.6. The number of carboxylic acid groups (broad SMARTS) is 1. The fourth-order valence-electron chi connectivity index (χ4n) is 3.06. The molecule has 7 nitrogen and oxygen atoms in total. The molecule has 1 amide bonds. The summed E-state index contributed by atoms with van der Waals surface area (Å²) in [4.78, 5) is 24.8. The number of halogens is 3. The number of fused-ring (bicyclic) bond motifs is 1. The lowest BCUT2D eigenvalue weighted by atomic mass is 9.96. The SMILES string of the molecule is CC1(C)S[C@@H]2[C@H](NS(=O)(=O)c3cc(Cl)c(Cl)cc3Cl)C(=O)N2[C@H]1C(=O)O.